The third kappa shape index (κ3) is 4.53. The van der Waals surface area contributed by atoms with Gasteiger partial charge in [0.05, 0.1) is 5.69 Å². The Morgan fingerprint density at radius 3 is 2.87 bits per heavy atom. The number of hydrogen-bond acceptors (Lipinski definition) is 1. The Hall–Kier alpha value is -0.0700. The first kappa shape index (κ1) is 13.0. The monoisotopic (exact) mass is 354 g/mol. The zero-order valence-electron chi connectivity index (χ0n) is 8.31. The molecule has 0 bridgehead atoms. The highest BCUT2D eigenvalue weighted by Gasteiger charge is 2.01. The average molecular weight is 355 g/mol. The summed E-state index contributed by atoms with van der Waals surface area (Å²) in [5.41, 5.74) is 0.980. The minimum atomic E-state index is 0.650. The van der Waals surface area contributed by atoms with Crippen LogP contribution in [0.4, 0.5) is 5.69 Å². The maximum atomic E-state index is 5.86. The lowest BCUT2D eigenvalue weighted by molar-refractivity contribution is 0.846. The summed E-state index contributed by atoms with van der Waals surface area (Å²) in [5, 5.41) is 7.62. The smallest absolute Gasteiger partial charge is 0.170 e. The van der Waals surface area contributed by atoms with Crippen molar-refractivity contribution >= 4 is 57.2 Å². The molecule has 1 aromatic rings. The predicted octanol–water partition coefficient (Wildman–Crippen LogP) is 3.64. The molecule has 1 rings (SSSR count). The molecule has 0 atom stereocenters. The molecule has 82 valence electrons. The second-order valence-electron chi connectivity index (χ2n) is 3.01. The Morgan fingerprint density at radius 1 is 1.53 bits per heavy atom. The third-order valence-corrected chi connectivity index (χ3v) is 3.09. The van der Waals surface area contributed by atoms with Crippen LogP contribution in [0.3, 0.4) is 0 Å². The van der Waals surface area contributed by atoms with Crippen LogP contribution < -0.4 is 10.6 Å². The van der Waals surface area contributed by atoms with Crippen LogP contribution in [0, 0.1) is 3.57 Å². The Labute approximate surface area is 114 Å². The maximum Gasteiger partial charge on any atom is 0.170 e. The SMILES string of the molecule is CCCNC(=S)Nc1ccc(Cl)cc1I. The van der Waals surface area contributed by atoms with Crippen molar-refractivity contribution in [2.45, 2.75) is 13.3 Å². The van der Waals surface area contributed by atoms with Gasteiger partial charge in [-0.1, -0.05) is 18.5 Å². The molecule has 0 spiro atoms. The van der Waals surface area contributed by atoms with Crippen LogP contribution in [-0.4, -0.2) is 11.7 Å². The van der Waals surface area contributed by atoms with E-state index in [2.05, 4.69) is 40.1 Å². The van der Waals surface area contributed by atoms with E-state index in [1.807, 2.05) is 18.2 Å². The topological polar surface area (TPSA) is 24.1 Å². The van der Waals surface area contributed by atoms with Crippen molar-refractivity contribution in [2.75, 3.05) is 11.9 Å². The first-order valence-corrected chi connectivity index (χ1v) is 6.50. The van der Waals surface area contributed by atoms with Gasteiger partial charge in [0.2, 0.25) is 0 Å². The fourth-order valence-corrected chi connectivity index (χ4v) is 2.21. The van der Waals surface area contributed by atoms with E-state index in [0.717, 1.165) is 27.2 Å². The summed E-state index contributed by atoms with van der Waals surface area (Å²) < 4.78 is 1.06. The largest absolute Gasteiger partial charge is 0.362 e. The number of anilines is 1. The molecule has 0 heterocycles. The molecule has 0 saturated carbocycles. The maximum absolute atomic E-state index is 5.86. The lowest BCUT2D eigenvalue weighted by Crippen LogP contribution is -2.29. The number of hydrogen-bond donors (Lipinski definition) is 2. The Balaban J connectivity index is 2.60. The fraction of sp³-hybridized carbons (Fsp3) is 0.300. The molecule has 0 amide bonds. The quantitative estimate of drug-likeness (QED) is 0.640. The van der Waals surface area contributed by atoms with Gasteiger partial charge in [-0.25, -0.2) is 0 Å². The van der Waals surface area contributed by atoms with Gasteiger partial charge in [0, 0.05) is 15.1 Å². The van der Waals surface area contributed by atoms with Gasteiger partial charge < -0.3 is 10.6 Å². The highest BCUT2D eigenvalue weighted by atomic mass is 127. The molecule has 2 nitrogen and oxygen atoms in total. The second-order valence-corrected chi connectivity index (χ2v) is 5.01. The van der Waals surface area contributed by atoms with Crippen LogP contribution >= 0.6 is 46.4 Å². The molecule has 0 aromatic heterocycles. The molecule has 0 aliphatic heterocycles. The highest BCUT2D eigenvalue weighted by molar-refractivity contribution is 14.1. The molecule has 0 fully saturated rings. The summed E-state index contributed by atoms with van der Waals surface area (Å²) in [6.45, 7) is 2.98. The number of nitrogens with one attached hydrogen (secondary N) is 2. The number of halogens is 2. The molecule has 15 heavy (non-hydrogen) atoms. The van der Waals surface area contributed by atoms with Crippen molar-refractivity contribution in [3.8, 4) is 0 Å². The van der Waals surface area contributed by atoms with Crippen molar-refractivity contribution in [3.05, 3.63) is 26.8 Å². The standard InChI is InChI=1S/C10H12ClIN2S/c1-2-5-13-10(15)14-9-4-3-7(11)6-8(9)12/h3-4,6H,2,5H2,1H3,(H2,13,14,15). The predicted molar refractivity (Wildman–Crippen MR) is 78.7 cm³/mol. The van der Waals surface area contributed by atoms with E-state index >= 15 is 0 Å². The summed E-state index contributed by atoms with van der Waals surface area (Å²) in [4.78, 5) is 0. The summed E-state index contributed by atoms with van der Waals surface area (Å²) in [5.74, 6) is 0. The summed E-state index contributed by atoms with van der Waals surface area (Å²) >= 11 is 13.2. The van der Waals surface area contributed by atoms with E-state index in [0.29, 0.717) is 5.11 Å². The van der Waals surface area contributed by atoms with Crippen molar-refractivity contribution in [2.24, 2.45) is 0 Å². The molecule has 0 radical (unpaired) electrons. The van der Waals surface area contributed by atoms with Crippen LogP contribution in [0.2, 0.25) is 5.02 Å². The summed E-state index contributed by atoms with van der Waals surface area (Å²) in [7, 11) is 0. The third-order valence-electron chi connectivity index (χ3n) is 1.71. The van der Waals surface area contributed by atoms with Gasteiger partial charge in [0.1, 0.15) is 0 Å². The van der Waals surface area contributed by atoms with E-state index in [-0.39, 0.29) is 0 Å². The second kappa shape index (κ2) is 6.50. The first-order valence-electron chi connectivity index (χ1n) is 4.63. The minimum absolute atomic E-state index is 0.650. The average Bonchev–Trinajstić information content (AvgIpc) is 2.19. The van der Waals surface area contributed by atoms with E-state index < -0.39 is 0 Å². The van der Waals surface area contributed by atoms with Gasteiger partial charge in [-0.2, -0.15) is 0 Å². The molecule has 2 N–H and O–H groups in total. The van der Waals surface area contributed by atoms with Crippen molar-refractivity contribution < 1.29 is 0 Å². The zero-order chi connectivity index (χ0) is 11.3. The van der Waals surface area contributed by atoms with E-state index in [9.17, 15) is 0 Å². The minimum Gasteiger partial charge on any atom is -0.362 e. The Bertz CT molecular complexity index is 357. The van der Waals surface area contributed by atoms with Crippen LogP contribution in [0.15, 0.2) is 18.2 Å². The molecule has 0 saturated heterocycles. The van der Waals surface area contributed by atoms with Crippen LogP contribution in [-0.2, 0) is 0 Å². The number of benzene rings is 1. The van der Waals surface area contributed by atoms with Gasteiger partial charge >= 0.3 is 0 Å². The van der Waals surface area contributed by atoms with Crippen molar-refractivity contribution in [1.29, 1.82) is 0 Å². The first-order chi connectivity index (χ1) is 7.13. The molecule has 0 aliphatic carbocycles. The Morgan fingerprint density at radius 2 is 2.27 bits per heavy atom. The highest BCUT2D eigenvalue weighted by Crippen LogP contribution is 2.22. The van der Waals surface area contributed by atoms with Crippen LogP contribution in [0.25, 0.3) is 0 Å². The lowest BCUT2D eigenvalue weighted by Gasteiger charge is -2.11. The van der Waals surface area contributed by atoms with Gasteiger partial charge in [0.15, 0.2) is 5.11 Å². The molecule has 5 heteroatoms. The van der Waals surface area contributed by atoms with E-state index in [4.69, 9.17) is 23.8 Å². The summed E-state index contributed by atoms with van der Waals surface area (Å²) in [6.07, 6.45) is 1.06. The van der Waals surface area contributed by atoms with Gasteiger partial charge in [-0.3, -0.25) is 0 Å². The molecule has 0 unspecified atom stereocenters. The van der Waals surface area contributed by atoms with Crippen molar-refractivity contribution in [3.63, 3.8) is 0 Å². The fourth-order valence-electron chi connectivity index (χ4n) is 0.996. The van der Waals surface area contributed by atoms with Gasteiger partial charge in [0.25, 0.3) is 0 Å². The molecule has 1 aromatic carbocycles. The van der Waals surface area contributed by atoms with Crippen molar-refractivity contribution in [1.82, 2.24) is 5.32 Å². The number of rotatable bonds is 3. The zero-order valence-corrected chi connectivity index (χ0v) is 12.0. The number of thiocarbonyl (C=S) groups is 1. The van der Waals surface area contributed by atoms with E-state index in [1.165, 1.54) is 0 Å². The van der Waals surface area contributed by atoms with Crippen LogP contribution in [0.5, 0.6) is 0 Å². The Kier molecular flexibility index (Phi) is 5.63. The molecular formula is C10H12ClIN2S. The van der Waals surface area contributed by atoms with Gasteiger partial charge in [-0.05, 0) is 59.4 Å². The summed E-state index contributed by atoms with van der Waals surface area (Å²) in [6, 6.07) is 5.66. The van der Waals surface area contributed by atoms with E-state index in [1.54, 1.807) is 0 Å². The lowest BCUT2D eigenvalue weighted by atomic mass is 10.3. The van der Waals surface area contributed by atoms with Gasteiger partial charge in [-0.15, -0.1) is 0 Å². The normalized spacial score (nSPS) is 9.80. The van der Waals surface area contributed by atoms with Crippen LogP contribution in [0.1, 0.15) is 13.3 Å². The molecular weight excluding hydrogens is 343 g/mol. The molecule has 0 aliphatic rings.